The van der Waals surface area contributed by atoms with Crippen molar-refractivity contribution >= 4 is 51.3 Å². The van der Waals surface area contributed by atoms with Crippen LogP contribution in [0.5, 0.6) is 0 Å². The van der Waals surface area contributed by atoms with Crippen molar-refractivity contribution in [2.75, 3.05) is 0 Å². The number of benzene rings is 3. The first-order valence-electron chi connectivity index (χ1n) is 19.1. The molecule has 1 aromatic heterocycles. The SMILES string of the molecule is C1#CC2Sc3ccccc3C2C=C1C1N=C(c2cccc3c2oc2cc(C4CCCC5C6CCCC6SC45)ccc23)NC(C2CC=CCC2)N1. The van der Waals surface area contributed by atoms with Crippen LogP contribution >= 0.6 is 23.5 Å². The minimum absolute atomic E-state index is 0.0944. The van der Waals surface area contributed by atoms with Crippen LogP contribution in [0.1, 0.15) is 86.3 Å². The van der Waals surface area contributed by atoms with Crippen molar-refractivity contribution in [2.24, 2.45) is 22.7 Å². The van der Waals surface area contributed by atoms with Gasteiger partial charge in [-0.15, -0.1) is 11.8 Å². The van der Waals surface area contributed by atoms with Gasteiger partial charge in [0, 0.05) is 37.7 Å². The zero-order valence-corrected chi connectivity index (χ0v) is 29.9. The summed E-state index contributed by atoms with van der Waals surface area (Å²) in [5.74, 6) is 11.4. The maximum absolute atomic E-state index is 6.91. The topological polar surface area (TPSA) is 49.6 Å². The molecule has 10 atom stereocenters. The van der Waals surface area contributed by atoms with Gasteiger partial charge >= 0.3 is 0 Å². The van der Waals surface area contributed by atoms with E-state index in [9.17, 15) is 0 Å². The lowest BCUT2D eigenvalue weighted by atomic mass is 9.72. The van der Waals surface area contributed by atoms with Gasteiger partial charge in [0.25, 0.3) is 0 Å². The molecule has 4 aliphatic carbocycles. The van der Waals surface area contributed by atoms with Crippen molar-refractivity contribution < 1.29 is 4.42 Å². The van der Waals surface area contributed by atoms with Crippen LogP contribution in [0.3, 0.4) is 0 Å². The Kier molecular flexibility index (Phi) is 7.33. The fraction of sp³-hybridized carbons (Fsp3) is 0.432. The summed E-state index contributed by atoms with van der Waals surface area (Å²) < 4.78 is 6.91. The van der Waals surface area contributed by atoms with Crippen LogP contribution in [-0.4, -0.2) is 33.9 Å². The van der Waals surface area contributed by atoms with E-state index in [2.05, 4.69) is 113 Å². The lowest BCUT2D eigenvalue weighted by Gasteiger charge is -2.37. The van der Waals surface area contributed by atoms with Crippen molar-refractivity contribution in [1.29, 1.82) is 0 Å². The number of thioether (sulfide) groups is 2. The molecular formula is C44H43N3OS2. The van der Waals surface area contributed by atoms with Gasteiger partial charge in [-0.1, -0.05) is 85.4 Å². The minimum Gasteiger partial charge on any atom is -0.455 e. The van der Waals surface area contributed by atoms with Crippen LogP contribution < -0.4 is 10.6 Å². The minimum atomic E-state index is -0.206. The average Bonchev–Trinajstić information content (AvgIpc) is 3.95. The molecule has 4 nitrogen and oxygen atoms in total. The molecule has 0 spiro atoms. The molecule has 6 heteroatoms. The molecule has 4 heterocycles. The summed E-state index contributed by atoms with van der Waals surface area (Å²) >= 11 is 4.25. The summed E-state index contributed by atoms with van der Waals surface area (Å²) in [6.07, 6.45) is 18.7. The van der Waals surface area contributed by atoms with E-state index in [1.165, 1.54) is 65.3 Å². The predicted molar refractivity (Wildman–Crippen MR) is 208 cm³/mol. The zero-order valence-electron chi connectivity index (χ0n) is 28.3. The number of amidine groups is 1. The van der Waals surface area contributed by atoms with Gasteiger partial charge in [0.05, 0.1) is 17.0 Å². The molecule has 10 unspecified atom stereocenters. The summed E-state index contributed by atoms with van der Waals surface area (Å²) in [7, 11) is 0. The Labute approximate surface area is 303 Å². The number of aliphatic imine (C=N–C) groups is 1. The van der Waals surface area contributed by atoms with Crippen LogP contribution in [-0.2, 0) is 0 Å². The molecule has 1 saturated heterocycles. The van der Waals surface area contributed by atoms with E-state index in [0.717, 1.165) is 69.7 Å². The quantitative estimate of drug-likeness (QED) is 0.165. The maximum Gasteiger partial charge on any atom is 0.146 e. The second-order valence-electron chi connectivity index (χ2n) is 15.7. The Morgan fingerprint density at radius 1 is 0.880 bits per heavy atom. The number of nitrogens with zero attached hydrogens (tertiary/aromatic N) is 1. The van der Waals surface area contributed by atoms with E-state index in [4.69, 9.17) is 9.41 Å². The molecule has 11 rings (SSSR count). The first-order chi connectivity index (χ1) is 24.7. The molecule has 50 heavy (non-hydrogen) atoms. The number of nitrogens with one attached hydrogen (secondary N) is 2. The Balaban J connectivity index is 0.966. The molecular weight excluding hydrogens is 651 g/mol. The number of allylic oxidation sites excluding steroid dienone is 3. The lowest BCUT2D eigenvalue weighted by Crippen LogP contribution is -2.58. The van der Waals surface area contributed by atoms with E-state index in [1.807, 2.05) is 11.8 Å². The summed E-state index contributed by atoms with van der Waals surface area (Å²) in [6.45, 7) is 0. The molecule has 3 aliphatic heterocycles. The molecule has 0 amide bonds. The van der Waals surface area contributed by atoms with Crippen molar-refractivity contribution in [3.05, 3.63) is 101 Å². The second-order valence-corrected chi connectivity index (χ2v) is 18.3. The van der Waals surface area contributed by atoms with Gasteiger partial charge < -0.3 is 9.73 Å². The van der Waals surface area contributed by atoms with E-state index in [1.54, 1.807) is 0 Å². The van der Waals surface area contributed by atoms with Crippen molar-refractivity contribution in [1.82, 2.24) is 10.6 Å². The van der Waals surface area contributed by atoms with Crippen LogP contribution in [0.2, 0.25) is 0 Å². The van der Waals surface area contributed by atoms with Crippen molar-refractivity contribution in [3.63, 3.8) is 0 Å². The Morgan fingerprint density at radius 2 is 1.82 bits per heavy atom. The van der Waals surface area contributed by atoms with Crippen molar-refractivity contribution in [3.8, 4) is 11.8 Å². The first kappa shape index (κ1) is 30.3. The van der Waals surface area contributed by atoms with E-state index in [0.29, 0.717) is 17.8 Å². The molecule has 2 N–H and O–H groups in total. The van der Waals surface area contributed by atoms with Gasteiger partial charge in [-0.3, -0.25) is 5.32 Å². The monoisotopic (exact) mass is 693 g/mol. The average molecular weight is 694 g/mol. The normalized spacial score (nSPS) is 35.4. The zero-order chi connectivity index (χ0) is 32.8. The molecule has 2 saturated carbocycles. The highest BCUT2D eigenvalue weighted by Crippen LogP contribution is 2.59. The summed E-state index contributed by atoms with van der Waals surface area (Å²) in [6, 6.07) is 22.6. The Morgan fingerprint density at radius 3 is 2.78 bits per heavy atom. The Hall–Kier alpha value is -3.37. The molecule has 0 radical (unpaired) electrons. The molecule has 4 aromatic rings. The summed E-state index contributed by atoms with van der Waals surface area (Å²) in [5, 5.41) is 12.1. The molecule has 252 valence electrons. The number of furan rings is 1. The van der Waals surface area contributed by atoms with Crippen LogP contribution in [0.15, 0.2) is 98.8 Å². The second kappa shape index (κ2) is 12.1. The number of para-hydroxylation sites is 1. The van der Waals surface area contributed by atoms with Crippen LogP contribution in [0.4, 0.5) is 0 Å². The van der Waals surface area contributed by atoms with Gasteiger partial charge in [0.1, 0.15) is 23.2 Å². The number of rotatable bonds is 4. The third-order valence-corrected chi connectivity index (χ3v) is 16.2. The van der Waals surface area contributed by atoms with Gasteiger partial charge in [-0.05, 0) is 97.9 Å². The summed E-state index contributed by atoms with van der Waals surface area (Å²) in [5.41, 5.74) is 6.95. The third kappa shape index (κ3) is 4.90. The standard InChI is InChI=1S/C44H43N3OS2/c1-2-9-25(10-3-1)42-45-43(27-20-22-39-35(23-27)31-11-4-5-17-37(31)49-39)47-44(46-42)34-16-7-14-32-29-21-19-26(24-36(29)48-40(32)34)28-12-6-15-33-30-13-8-18-38(30)50-41(28)33/h1-2,4-5,7,11,14,16-17,19,21,23-25,28,30,33,35,38-39,41-43,45H,3,6,8-10,12-13,15,18H2,(H,46,47). The lowest BCUT2D eigenvalue weighted by molar-refractivity contribution is 0.264. The highest BCUT2D eigenvalue weighted by Gasteiger charge is 2.50. The maximum atomic E-state index is 6.91. The number of hydrogen-bond donors (Lipinski definition) is 2. The molecule has 7 aliphatic rings. The largest absolute Gasteiger partial charge is 0.455 e. The van der Waals surface area contributed by atoms with Gasteiger partial charge in [0.2, 0.25) is 0 Å². The Bertz CT molecular complexity index is 2170. The van der Waals surface area contributed by atoms with Crippen LogP contribution in [0.25, 0.3) is 21.9 Å². The molecule has 3 aromatic carbocycles. The van der Waals surface area contributed by atoms with E-state index < -0.39 is 0 Å². The smallest absolute Gasteiger partial charge is 0.146 e. The number of fused-ring (bicyclic) bond motifs is 9. The van der Waals surface area contributed by atoms with E-state index >= 15 is 0 Å². The highest BCUT2D eigenvalue weighted by atomic mass is 32.2. The van der Waals surface area contributed by atoms with Gasteiger partial charge in [-0.2, -0.15) is 11.8 Å². The summed E-state index contributed by atoms with van der Waals surface area (Å²) in [4.78, 5) is 6.76. The van der Waals surface area contributed by atoms with Crippen molar-refractivity contribution in [2.45, 2.75) is 103 Å². The fourth-order valence-corrected chi connectivity index (χ4v) is 14.1. The first-order valence-corrected chi connectivity index (χ1v) is 20.9. The van der Waals surface area contributed by atoms with E-state index in [-0.39, 0.29) is 17.6 Å². The van der Waals surface area contributed by atoms with Gasteiger partial charge in [-0.25, -0.2) is 4.99 Å². The fourth-order valence-electron chi connectivity index (χ4n) is 10.6. The predicted octanol–water partition coefficient (Wildman–Crippen LogP) is 9.90. The molecule has 3 fully saturated rings. The van der Waals surface area contributed by atoms with Crippen LogP contribution in [0, 0.1) is 29.6 Å². The van der Waals surface area contributed by atoms with Gasteiger partial charge in [0.15, 0.2) is 0 Å². The molecule has 0 bridgehead atoms. The highest BCUT2D eigenvalue weighted by molar-refractivity contribution is 8.01. The number of hydrogen-bond acceptors (Lipinski definition) is 6. The third-order valence-electron chi connectivity index (χ3n) is 13.0.